The number of nitrogens with zero attached hydrogens (tertiary/aromatic N) is 2. The van der Waals surface area contributed by atoms with E-state index in [4.69, 9.17) is 31.3 Å². The third-order valence-corrected chi connectivity index (χ3v) is 11.6. The highest BCUT2D eigenvalue weighted by Gasteiger charge is 2.36. The molecule has 1 aromatic rings. The second-order valence-electron chi connectivity index (χ2n) is 14.3. The fraction of sp³-hybridized carbons (Fsp3) is 0.659. The summed E-state index contributed by atoms with van der Waals surface area (Å²) < 4.78 is 11.1. The zero-order valence-electron chi connectivity index (χ0n) is 35.3. The van der Waals surface area contributed by atoms with Crippen LogP contribution in [0.2, 0.25) is 5.02 Å². The van der Waals surface area contributed by atoms with Gasteiger partial charge in [-0.1, -0.05) is 76.9 Å². The number of ether oxygens (including phenoxy) is 2. The second kappa shape index (κ2) is 25.8. The first-order valence-corrected chi connectivity index (χ1v) is 20.5. The number of halogens is 1. The first-order valence-electron chi connectivity index (χ1n) is 18.9. The van der Waals surface area contributed by atoms with Crippen LogP contribution in [0.5, 0.6) is 5.75 Å². The zero-order valence-corrected chi connectivity index (χ0v) is 36.8. The monoisotopic (exact) mass is 813 g/mol. The molecule has 2 unspecified atom stereocenters. The summed E-state index contributed by atoms with van der Waals surface area (Å²) in [5.41, 5.74) is 2.71. The molecule has 0 saturated carbocycles. The lowest BCUT2D eigenvalue weighted by molar-refractivity contribution is -0.148. The minimum absolute atomic E-state index is 0.0585. The number of nitrogens with one attached hydrogen (secondary N) is 1. The van der Waals surface area contributed by atoms with E-state index in [0.29, 0.717) is 48.6 Å². The van der Waals surface area contributed by atoms with Crippen molar-refractivity contribution in [1.29, 1.82) is 0 Å². The van der Waals surface area contributed by atoms with Gasteiger partial charge in [-0.25, -0.2) is 9.59 Å². The molecule has 6 atom stereocenters. The van der Waals surface area contributed by atoms with Crippen LogP contribution in [-0.4, -0.2) is 108 Å². The van der Waals surface area contributed by atoms with Gasteiger partial charge in [-0.3, -0.25) is 9.59 Å². The molecule has 2 aliphatic rings. The molecule has 55 heavy (non-hydrogen) atoms. The predicted molar refractivity (Wildman–Crippen MR) is 224 cm³/mol. The molecule has 14 heteroatoms. The number of aliphatic hydroxyl groups is 2. The van der Waals surface area contributed by atoms with Crippen molar-refractivity contribution < 1.29 is 44.0 Å². The van der Waals surface area contributed by atoms with E-state index in [0.717, 1.165) is 24.7 Å². The van der Waals surface area contributed by atoms with Crippen molar-refractivity contribution in [1.82, 2.24) is 10.2 Å². The molecule has 4 bridgehead atoms. The zero-order chi connectivity index (χ0) is 42.6. The van der Waals surface area contributed by atoms with Gasteiger partial charge >= 0.3 is 12.1 Å². The largest absolute Gasteiger partial charge is 0.495 e. The van der Waals surface area contributed by atoms with Gasteiger partial charge in [-0.05, 0) is 69.4 Å². The van der Waals surface area contributed by atoms with Crippen LogP contribution in [0.1, 0.15) is 99.5 Å². The molecule has 2 aliphatic heterocycles. The minimum Gasteiger partial charge on any atom is -0.495 e. The number of allylic oxidation sites excluding steroid dienone is 3. The summed E-state index contributed by atoms with van der Waals surface area (Å²) in [5.74, 6) is -1.07. The Bertz CT molecular complexity index is 1440. The Kier molecular flexibility index (Phi) is 24.3. The molecule has 0 spiro atoms. The van der Waals surface area contributed by atoms with E-state index >= 15 is 0 Å². The fourth-order valence-electron chi connectivity index (χ4n) is 5.82. The summed E-state index contributed by atoms with van der Waals surface area (Å²) in [6.07, 6.45) is 10.4. The summed E-state index contributed by atoms with van der Waals surface area (Å²) in [6, 6.07) is 3.00. The minimum atomic E-state index is -0.972. The number of alkyl carbamates (subject to hydrolysis) is 1. The number of hydrogen-bond donors (Lipinski definition) is 4. The Morgan fingerprint density at radius 2 is 1.82 bits per heavy atom. The maximum atomic E-state index is 13.1. The van der Waals surface area contributed by atoms with Gasteiger partial charge in [0, 0.05) is 57.2 Å². The molecule has 2 heterocycles. The Balaban J connectivity index is 0.00000123. The number of aliphatic carboxylic acids is 1. The van der Waals surface area contributed by atoms with E-state index in [2.05, 4.69) is 19.2 Å². The van der Waals surface area contributed by atoms with Gasteiger partial charge in [0.15, 0.2) is 0 Å². The molecular weight excluding hydrogens is 746 g/mol. The summed E-state index contributed by atoms with van der Waals surface area (Å²) in [7, 11) is 5.80. The average molecular weight is 815 g/mol. The molecule has 1 aromatic carbocycles. The van der Waals surface area contributed by atoms with Gasteiger partial charge in [-0.15, -0.1) is 0 Å². The number of carboxylic acids is 1. The number of carbonyl (C=O) groups excluding carboxylic acids is 3. The molecular formula is C41H68ClN3O9S. The quantitative estimate of drug-likeness (QED) is 0.216. The molecule has 1 saturated heterocycles. The van der Waals surface area contributed by atoms with Gasteiger partial charge in [0.25, 0.3) is 0 Å². The van der Waals surface area contributed by atoms with Crippen LogP contribution in [0.4, 0.5) is 10.5 Å². The van der Waals surface area contributed by atoms with Crippen molar-refractivity contribution >= 4 is 52.9 Å². The number of aliphatic hydroxyl groups excluding tert-OH is 2. The summed E-state index contributed by atoms with van der Waals surface area (Å²) in [4.78, 5) is 50.5. The van der Waals surface area contributed by atoms with Crippen LogP contribution in [-0.2, 0) is 25.5 Å². The van der Waals surface area contributed by atoms with Gasteiger partial charge in [-0.2, -0.15) is 11.8 Å². The Morgan fingerprint density at radius 1 is 1.20 bits per heavy atom. The smallest absolute Gasteiger partial charge is 0.407 e. The van der Waals surface area contributed by atoms with Crippen molar-refractivity contribution in [2.45, 2.75) is 129 Å². The normalized spacial score (nSPS) is 23.9. The standard InChI is InChI=1S/C27H37ClN2O5.C11H21NO3S.C2H6.CH4O/c1-16-8-6-7-9-20-15-22(35-27(33)29-20)18(3)26(32)17(2)10-11-24(31)30(4)21-13-19(12-16)14-23(34-5)25(21)28;1-8(10(14)15)12(4)9(13)6-7-11(2,3)16-5;2*1-2/h6-8,13-14,17-18,20,22,26,32H,9-12,15H2,1-5H3,(H,29,33);8H,6-7H2,1-5H3,(H,14,15);1-2H3;2H,1H3/b7-6+,16-8+;;;/t17?,18-,20?,22+,26-;8-;;/m10../s1. The van der Waals surface area contributed by atoms with Crippen LogP contribution < -0.4 is 15.0 Å². The molecule has 3 rings (SSSR count). The van der Waals surface area contributed by atoms with Gasteiger partial charge < -0.3 is 39.9 Å². The lowest BCUT2D eigenvalue weighted by Crippen LogP contribution is -2.49. The van der Waals surface area contributed by atoms with Crippen molar-refractivity contribution in [2.75, 3.05) is 39.5 Å². The number of thioether (sulfide) groups is 1. The number of carbonyl (C=O) groups is 4. The predicted octanol–water partition coefficient (Wildman–Crippen LogP) is 7.51. The lowest BCUT2D eigenvalue weighted by atomic mass is 9.84. The number of hydrogen-bond acceptors (Lipinski definition) is 9. The Morgan fingerprint density at radius 3 is 2.38 bits per heavy atom. The summed E-state index contributed by atoms with van der Waals surface area (Å²) >= 11 is 8.28. The molecule has 0 aromatic heterocycles. The molecule has 0 aliphatic carbocycles. The van der Waals surface area contributed by atoms with Crippen LogP contribution in [0, 0.1) is 11.8 Å². The highest BCUT2D eigenvalue weighted by atomic mass is 35.5. The van der Waals surface area contributed by atoms with E-state index in [1.165, 1.54) is 18.9 Å². The number of anilines is 1. The van der Waals surface area contributed by atoms with Crippen LogP contribution in [0.25, 0.3) is 0 Å². The number of amides is 3. The number of benzene rings is 1. The number of rotatable bonds is 7. The second-order valence-corrected chi connectivity index (χ2v) is 16.2. The third kappa shape index (κ3) is 17.2. The topological polar surface area (TPSA) is 166 Å². The van der Waals surface area contributed by atoms with Gasteiger partial charge in [0.1, 0.15) is 22.9 Å². The first kappa shape index (κ1) is 51.7. The van der Waals surface area contributed by atoms with Crippen LogP contribution in [0.3, 0.4) is 0 Å². The Hall–Kier alpha value is -3.26. The number of methoxy groups -OCH3 is 1. The number of carboxylic acid groups (broad SMARTS) is 1. The van der Waals surface area contributed by atoms with E-state index in [1.807, 2.05) is 71.2 Å². The molecule has 1 fully saturated rings. The van der Waals surface area contributed by atoms with Crippen molar-refractivity contribution in [3.05, 3.63) is 46.5 Å². The van der Waals surface area contributed by atoms with E-state index in [-0.39, 0.29) is 47.0 Å². The van der Waals surface area contributed by atoms with E-state index in [1.54, 1.807) is 30.8 Å². The highest BCUT2D eigenvalue weighted by Crippen LogP contribution is 2.37. The molecule has 314 valence electrons. The maximum absolute atomic E-state index is 13.1. The van der Waals surface area contributed by atoms with E-state index in [9.17, 15) is 24.3 Å². The Labute approximate surface area is 339 Å². The molecule has 12 nitrogen and oxygen atoms in total. The van der Waals surface area contributed by atoms with Crippen molar-refractivity contribution in [3.8, 4) is 5.75 Å². The van der Waals surface area contributed by atoms with Crippen LogP contribution >= 0.6 is 23.4 Å². The maximum Gasteiger partial charge on any atom is 0.407 e. The van der Waals surface area contributed by atoms with Gasteiger partial charge in [0.2, 0.25) is 11.8 Å². The van der Waals surface area contributed by atoms with E-state index < -0.39 is 24.2 Å². The molecule has 3 amide bonds. The number of fused-ring (bicyclic) bond motifs is 4. The highest BCUT2D eigenvalue weighted by molar-refractivity contribution is 7.99. The summed E-state index contributed by atoms with van der Waals surface area (Å²) in [6.45, 7) is 15.5. The fourth-order valence-corrected chi connectivity index (χ4v) is 6.44. The van der Waals surface area contributed by atoms with Crippen molar-refractivity contribution in [2.24, 2.45) is 11.8 Å². The molecule has 0 radical (unpaired) electrons. The van der Waals surface area contributed by atoms with Gasteiger partial charge in [0.05, 0.1) is 18.9 Å². The third-order valence-electron chi connectivity index (χ3n) is 9.90. The number of likely N-dealkylation sites (N-methyl/N-ethyl adjacent to an activating group) is 1. The van der Waals surface area contributed by atoms with Crippen LogP contribution in [0.15, 0.2) is 35.9 Å². The molecule has 4 N–H and O–H groups in total. The summed E-state index contributed by atoms with van der Waals surface area (Å²) in [5, 5.41) is 30.0. The lowest BCUT2D eigenvalue weighted by Gasteiger charge is -2.36. The van der Waals surface area contributed by atoms with Crippen molar-refractivity contribution in [3.63, 3.8) is 0 Å². The SMILES string of the molecule is CC.CO.COc1cc2cc(c1Cl)N(C)C(=O)CCC(C)[C@@H](O)[C@H](C)[C@@H]1CC(C/C=C/C=C(\C)C2)NC(=O)O1.CSC(C)(C)CCC(=O)N(C)[C@@H](C)C(=O)O. The first-order chi connectivity index (χ1) is 25.8. The average Bonchev–Trinajstić information content (AvgIpc) is 3.17.